The first-order valence-electron chi connectivity index (χ1n) is 8.22. The Bertz CT molecular complexity index is 366. The first-order chi connectivity index (χ1) is 10.3. The monoisotopic (exact) mass is 313 g/mol. The maximum absolute atomic E-state index is 11.7. The van der Waals surface area contributed by atoms with Gasteiger partial charge in [0.2, 0.25) is 5.91 Å². The Labute approximate surface area is 133 Å². The van der Waals surface area contributed by atoms with E-state index in [1.165, 1.54) is 19.8 Å². The summed E-state index contributed by atoms with van der Waals surface area (Å²) in [6, 6.07) is 0.387. The Morgan fingerprint density at radius 1 is 1.09 bits per heavy atom. The number of alkyl carbamates (subject to hydrolysis) is 1. The second-order valence-electron chi connectivity index (χ2n) is 6.97. The highest BCUT2D eigenvalue weighted by atomic mass is 16.6. The summed E-state index contributed by atoms with van der Waals surface area (Å²) in [5, 5.41) is 9.15. The highest BCUT2D eigenvalue weighted by Crippen LogP contribution is 2.24. The summed E-state index contributed by atoms with van der Waals surface area (Å²) in [6.45, 7) is 9.13. The van der Waals surface area contributed by atoms with Crippen LogP contribution in [0.2, 0.25) is 0 Å². The molecule has 0 aromatic carbocycles. The summed E-state index contributed by atoms with van der Waals surface area (Å²) in [5.41, 5.74) is -0.466. The maximum Gasteiger partial charge on any atom is 0.407 e. The van der Waals surface area contributed by atoms with Gasteiger partial charge in [-0.25, -0.2) is 4.79 Å². The van der Waals surface area contributed by atoms with Crippen molar-refractivity contribution in [1.82, 2.24) is 16.0 Å². The Morgan fingerprint density at radius 3 is 2.41 bits per heavy atom. The van der Waals surface area contributed by atoms with Crippen LogP contribution >= 0.6 is 0 Å². The summed E-state index contributed by atoms with van der Waals surface area (Å²) in [7, 11) is 0. The highest BCUT2D eigenvalue weighted by Gasteiger charge is 2.25. The fourth-order valence-corrected chi connectivity index (χ4v) is 2.75. The molecule has 22 heavy (non-hydrogen) atoms. The minimum atomic E-state index is -0.466. The molecule has 0 aliphatic heterocycles. The number of rotatable bonds is 6. The summed E-state index contributed by atoms with van der Waals surface area (Å²) >= 11 is 0. The second-order valence-corrected chi connectivity index (χ2v) is 6.97. The van der Waals surface area contributed by atoms with E-state index in [0.717, 1.165) is 19.4 Å². The van der Waals surface area contributed by atoms with Crippen molar-refractivity contribution in [2.45, 2.75) is 65.0 Å². The van der Waals surface area contributed by atoms with E-state index in [4.69, 9.17) is 4.74 Å². The van der Waals surface area contributed by atoms with Gasteiger partial charge in [0.15, 0.2) is 0 Å². The van der Waals surface area contributed by atoms with E-state index in [0.29, 0.717) is 25.0 Å². The quantitative estimate of drug-likeness (QED) is 0.653. The molecule has 1 aliphatic rings. The van der Waals surface area contributed by atoms with Crippen LogP contribution in [0, 0.1) is 5.92 Å². The molecule has 3 N–H and O–H groups in total. The molecular formula is C16H31N3O3. The molecule has 0 spiro atoms. The van der Waals surface area contributed by atoms with Crippen molar-refractivity contribution in [3.8, 4) is 0 Å². The van der Waals surface area contributed by atoms with E-state index in [2.05, 4.69) is 16.0 Å². The molecule has 1 saturated carbocycles. The fraction of sp³-hybridized carbons (Fsp3) is 0.875. The van der Waals surface area contributed by atoms with Gasteiger partial charge in [0.05, 0.1) is 0 Å². The Kier molecular flexibility index (Phi) is 7.65. The van der Waals surface area contributed by atoms with Crippen LogP contribution in [0.15, 0.2) is 0 Å². The predicted molar refractivity (Wildman–Crippen MR) is 86.7 cm³/mol. The van der Waals surface area contributed by atoms with Crippen molar-refractivity contribution in [2.75, 3.05) is 19.6 Å². The van der Waals surface area contributed by atoms with Gasteiger partial charge in [0.1, 0.15) is 5.60 Å². The molecule has 2 atom stereocenters. The van der Waals surface area contributed by atoms with Gasteiger partial charge < -0.3 is 20.7 Å². The lowest BCUT2D eigenvalue weighted by Gasteiger charge is -2.32. The van der Waals surface area contributed by atoms with Crippen molar-refractivity contribution >= 4 is 12.0 Å². The molecule has 2 unspecified atom stereocenters. The van der Waals surface area contributed by atoms with E-state index < -0.39 is 5.60 Å². The number of hydrogen-bond donors (Lipinski definition) is 3. The molecule has 0 saturated heterocycles. The first kappa shape index (κ1) is 18.7. The summed E-state index contributed by atoms with van der Waals surface area (Å²) in [5.74, 6) is 0.409. The van der Waals surface area contributed by atoms with Gasteiger partial charge in [-0.1, -0.05) is 12.8 Å². The zero-order valence-electron chi connectivity index (χ0n) is 14.3. The van der Waals surface area contributed by atoms with Gasteiger partial charge in [-0.3, -0.25) is 4.79 Å². The molecule has 0 aromatic rings. The zero-order valence-corrected chi connectivity index (χ0v) is 14.3. The minimum absolute atomic E-state index is 0.00594. The number of carbonyl (C=O) groups is 2. The molecule has 1 aliphatic carbocycles. The van der Waals surface area contributed by atoms with Crippen molar-refractivity contribution in [2.24, 2.45) is 5.92 Å². The molecular weight excluding hydrogens is 282 g/mol. The van der Waals surface area contributed by atoms with Crippen LogP contribution in [-0.2, 0) is 9.53 Å². The number of ether oxygens (including phenoxy) is 1. The van der Waals surface area contributed by atoms with Gasteiger partial charge >= 0.3 is 6.09 Å². The van der Waals surface area contributed by atoms with E-state index in [1.807, 2.05) is 20.8 Å². The Morgan fingerprint density at radius 2 is 1.77 bits per heavy atom. The maximum atomic E-state index is 11.7. The van der Waals surface area contributed by atoms with E-state index in [1.54, 1.807) is 0 Å². The molecule has 0 aromatic heterocycles. The van der Waals surface area contributed by atoms with Gasteiger partial charge in [0.25, 0.3) is 0 Å². The zero-order chi connectivity index (χ0) is 16.6. The summed E-state index contributed by atoms with van der Waals surface area (Å²) < 4.78 is 5.27. The Hall–Kier alpha value is -1.30. The van der Waals surface area contributed by atoms with E-state index >= 15 is 0 Å². The predicted octanol–water partition coefficient (Wildman–Crippen LogP) is 1.80. The third-order valence-electron chi connectivity index (χ3n) is 3.72. The largest absolute Gasteiger partial charge is 0.444 e. The van der Waals surface area contributed by atoms with Crippen molar-refractivity contribution in [1.29, 1.82) is 0 Å². The SMILES string of the molecule is CC(=O)NCCNC1CCCCC1CNC(=O)OC(C)(C)C. The van der Waals surface area contributed by atoms with Crippen molar-refractivity contribution < 1.29 is 14.3 Å². The van der Waals surface area contributed by atoms with Crippen molar-refractivity contribution in [3.05, 3.63) is 0 Å². The molecule has 1 rings (SSSR count). The molecule has 0 heterocycles. The molecule has 6 heteroatoms. The average Bonchev–Trinajstić information content (AvgIpc) is 2.40. The second kappa shape index (κ2) is 8.98. The van der Waals surface area contributed by atoms with Gasteiger partial charge in [0, 0.05) is 32.6 Å². The topological polar surface area (TPSA) is 79.5 Å². The molecule has 2 amide bonds. The third kappa shape index (κ3) is 8.22. The summed E-state index contributed by atoms with van der Waals surface area (Å²) in [6.07, 6.45) is 4.27. The third-order valence-corrected chi connectivity index (χ3v) is 3.72. The van der Waals surface area contributed by atoms with Gasteiger partial charge in [-0.15, -0.1) is 0 Å². The van der Waals surface area contributed by atoms with Crippen LogP contribution in [-0.4, -0.2) is 43.3 Å². The number of amides is 2. The first-order valence-corrected chi connectivity index (χ1v) is 8.22. The highest BCUT2D eigenvalue weighted by molar-refractivity contribution is 5.72. The fourth-order valence-electron chi connectivity index (χ4n) is 2.75. The number of nitrogens with one attached hydrogen (secondary N) is 3. The number of carbonyl (C=O) groups excluding carboxylic acids is 2. The molecule has 128 valence electrons. The van der Waals surface area contributed by atoms with Crippen LogP contribution < -0.4 is 16.0 Å². The van der Waals surface area contributed by atoms with E-state index in [-0.39, 0.29) is 12.0 Å². The standard InChI is InChI=1S/C16H31N3O3/c1-12(20)17-9-10-18-14-8-6-5-7-13(14)11-19-15(21)22-16(2,3)4/h13-14,18H,5-11H2,1-4H3,(H,17,20)(H,19,21). The normalized spacial score (nSPS) is 22.0. The van der Waals surface area contributed by atoms with Crippen molar-refractivity contribution in [3.63, 3.8) is 0 Å². The summed E-state index contributed by atoms with van der Waals surface area (Å²) in [4.78, 5) is 22.6. The Balaban J connectivity index is 2.32. The van der Waals surface area contributed by atoms with Crippen LogP contribution in [0.1, 0.15) is 53.4 Å². The molecule has 1 fully saturated rings. The van der Waals surface area contributed by atoms with Crippen LogP contribution in [0.5, 0.6) is 0 Å². The lowest BCUT2D eigenvalue weighted by molar-refractivity contribution is -0.118. The lowest BCUT2D eigenvalue weighted by Crippen LogP contribution is -2.46. The van der Waals surface area contributed by atoms with Crippen LogP contribution in [0.4, 0.5) is 4.79 Å². The molecule has 0 radical (unpaired) electrons. The minimum Gasteiger partial charge on any atom is -0.444 e. The van der Waals surface area contributed by atoms with Crippen LogP contribution in [0.3, 0.4) is 0 Å². The molecule has 0 bridgehead atoms. The van der Waals surface area contributed by atoms with Gasteiger partial charge in [-0.2, -0.15) is 0 Å². The van der Waals surface area contributed by atoms with Gasteiger partial charge in [-0.05, 0) is 39.5 Å². The lowest BCUT2D eigenvalue weighted by atomic mass is 9.84. The number of hydrogen-bond acceptors (Lipinski definition) is 4. The van der Waals surface area contributed by atoms with Crippen LogP contribution in [0.25, 0.3) is 0 Å². The average molecular weight is 313 g/mol. The smallest absolute Gasteiger partial charge is 0.407 e. The van der Waals surface area contributed by atoms with E-state index in [9.17, 15) is 9.59 Å². The molecule has 6 nitrogen and oxygen atoms in total.